The van der Waals surface area contributed by atoms with Gasteiger partial charge >= 0.3 is 21.2 Å². The van der Waals surface area contributed by atoms with Gasteiger partial charge in [-0.25, -0.2) is 37.9 Å². The summed E-state index contributed by atoms with van der Waals surface area (Å²) in [6, 6.07) is 0. The molecule has 5 unspecified atom stereocenters. The van der Waals surface area contributed by atoms with E-state index < -0.39 is 147 Å². The lowest BCUT2D eigenvalue weighted by Crippen LogP contribution is -2.39. The number of hydrogen-bond acceptors (Lipinski definition) is 29. The Hall–Kier alpha value is -5.83. The molecular formula is C37H51N16O22P3. The van der Waals surface area contributed by atoms with E-state index in [4.69, 9.17) is 54.7 Å². The maximum absolute atomic E-state index is 13.3. The largest absolute Gasteiger partial charge is 0.756 e. The lowest BCUT2D eigenvalue weighted by Gasteiger charge is -2.27. The van der Waals surface area contributed by atoms with E-state index in [-0.39, 0.29) is 51.2 Å². The Balaban J connectivity index is 0.854. The average molecular weight is 1160 g/mol. The number of anilines is 3. The molecule has 3 fully saturated rings. The molecule has 38 nitrogen and oxygen atoms in total. The second kappa shape index (κ2) is 22.0. The molecule has 0 radical (unpaired) electrons. The lowest BCUT2D eigenvalue weighted by atomic mass is 9.94. The van der Waals surface area contributed by atoms with Crippen molar-refractivity contribution in [3.8, 4) is 0 Å². The number of aromatic nitrogens is 12. The molecule has 1 amide bonds. The van der Waals surface area contributed by atoms with Crippen molar-refractivity contribution >= 4 is 80.6 Å². The van der Waals surface area contributed by atoms with Crippen LogP contribution in [0, 0.1) is 5.92 Å². The number of fused-ring (bicyclic) bond motifs is 3. The van der Waals surface area contributed by atoms with Gasteiger partial charge in [0.25, 0.3) is 24.5 Å². The number of carbonyl (C=O) groups excluding carboxylic acids is 1. The van der Waals surface area contributed by atoms with Gasteiger partial charge in [-0.2, -0.15) is 18.8 Å². The first-order valence-corrected chi connectivity index (χ1v) is 27.2. The van der Waals surface area contributed by atoms with Crippen molar-refractivity contribution in [3.63, 3.8) is 0 Å². The summed E-state index contributed by atoms with van der Waals surface area (Å²) in [6.45, 7) is -3.22. The Bertz CT molecular complexity index is 3490. The molecule has 15 atom stereocenters. The predicted octanol–water partition coefficient (Wildman–Crippen LogP) is -4.75. The van der Waals surface area contributed by atoms with E-state index in [0.29, 0.717) is 0 Å². The zero-order valence-corrected chi connectivity index (χ0v) is 43.6. The van der Waals surface area contributed by atoms with Crippen molar-refractivity contribution in [2.24, 2.45) is 13.0 Å². The number of hydrogen-bond donors (Lipinski definition) is 10. The van der Waals surface area contributed by atoms with Gasteiger partial charge in [0.05, 0.1) is 45.6 Å². The van der Waals surface area contributed by atoms with E-state index in [2.05, 4.69) is 48.5 Å². The molecule has 3 saturated heterocycles. The molecule has 6 aromatic rings. The molecule has 3 aliphatic rings. The molecule has 0 saturated carbocycles. The summed E-state index contributed by atoms with van der Waals surface area (Å²) in [6.07, 6.45) is -11.1. The van der Waals surface area contributed by atoms with Gasteiger partial charge in [0.1, 0.15) is 61.4 Å². The highest BCUT2D eigenvalue weighted by atomic mass is 31.3. The number of rotatable bonds is 21. The van der Waals surface area contributed by atoms with Gasteiger partial charge in [0, 0.05) is 33.5 Å². The lowest BCUT2D eigenvalue weighted by molar-refractivity contribution is -0.646. The summed E-state index contributed by atoms with van der Waals surface area (Å²) >= 11 is 0. The summed E-state index contributed by atoms with van der Waals surface area (Å²) in [4.78, 5) is 102. The van der Waals surface area contributed by atoms with Crippen LogP contribution in [0.4, 0.5) is 17.7 Å². The van der Waals surface area contributed by atoms with Gasteiger partial charge in [-0.1, -0.05) is 0 Å². The molecule has 9 heterocycles. The van der Waals surface area contributed by atoms with Crippen molar-refractivity contribution in [1.29, 1.82) is 0 Å². The molecule has 13 N–H and O–H groups in total. The van der Waals surface area contributed by atoms with Crippen molar-refractivity contribution in [1.82, 2.24) is 58.5 Å². The monoisotopic (exact) mass is 1160 g/mol. The maximum atomic E-state index is 13.3. The summed E-state index contributed by atoms with van der Waals surface area (Å²) in [5, 5.41) is 33.2. The third-order valence-electron chi connectivity index (χ3n) is 12.6. The third kappa shape index (κ3) is 11.5. The number of nitrogens with zero attached hydrogens (tertiary/aromatic N) is 11. The molecule has 0 aliphatic carbocycles. The summed E-state index contributed by atoms with van der Waals surface area (Å²) < 4.78 is 98.3. The number of imidazole rings is 3. The predicted molar refractivity (Wildman–Crippen MR) is 253 cm³/mol. The minimum Gasteiger partial charge on any atom is -0.756 e. The Morgan fingerprint density at radius 2 is 1.40 bits per heavy atom. The minimum atomic E-state index is -6.20. The number of phosphoric ester groups is 2. The van der Waals surface area contributed by atoms with Gasteiger partial charge in [0.15, 0.2) is 35.1 Å². The first-order valence-electron chi connectivity index (χ1n) is 22.8. The van der Waals surface area contributed by atoms with Crippen LogP contribution in [0.2, 0.25) is 0 Å². The highest BCUT2D eigenvalue weighted by Gasteiger charge is 2.52. The molecule has 3 aliphatic heterocycles. The number of aliphatic hydroxyl groups excluding tert-OH is 3. The number of nitrogens with two attached hydrogens (primary N) is 3. The van der Waals surface area contributed by atoms with Crippen LogP contribution >= 0.6 is 23.5 Å². The highest BCUT2D eigenvalue weighted by molar-refractivity contribution is 7.66. The number of methoxy groups -OCH3 is 1. The zero-order valence-electron chi connectivity index (χ0n) is 40.9. The van der Waals surface area contributed by atoms with Crippen LogP contribution in [-0.2, 0) is 71.6 Å². The molecule has 9 rings (SSSR count). The van der Waals surface area contributed by atoms with Crippen LogP contribution in [0.25, 0.3) is 33.5 Å². The van der Waals surface area contributed by atoms with Gasteiger partial charge in [-0.15, -0.1) is 0 Å². The normalized spacial score (nSPS) is 28.8. The Morgan fingerprint density at radius 1 is 0.769 bits per heavy atom. The van der Waals surface area contributed by atoms with E-state index in [1.807, 2.05) is 0 Å². The van der Waals surface area contributed by atoms with Crippen LogP contribution in [0.3, 0.4) is 0 Å². The number of amides is 1. The smallest absolute Gasteiger partial charge is 0.487 e. The number of phosphoric acid groups is 3. The fourth-order valence-corrected chi connectivity index (χ4v) is 12.5. The number of ether oxygens (including phenoxy) is 6. The van der Waals surface area contributed by atoms with Crippen molar-refractivity contribution in [3.05, 3.63) is 46.0 Å². The Kier molecular flexibility index (Phi) is 16.1. The molecule has 78 heavy (non-hydrogen) atoms. The maximum Gasteiger partial charge on any atom is 0.487 e. The Morgan fingerprint density at radius 3 is 2.10 bits per heavy atom. The zero-order chi connectivity index (χ0) is 56.3. The van der Waals surface area contributed by atoms with E-state index >= 15 is 0 Å². The molecule has 0 aromatic carbocycles. The average Bonchev–Trinajstić information content (AvgIpc) is 4.38. The quantitative estimate of drug-likeness (QED) is 0.0140. The number of nitrogens with one attached hydrogen (secondary N) is 2. The van der Waals surface area contributed by atoms with E-state index in [1.165, 1.54) is 64.1 Å². The van der Waals surface area contributed by atoms with Crippen LogP contribution in [-0.4, -0.2) is 186 Å². The minimum absolute atomic E-state index is 0.00331. The van der Waals surface area contributed by atoms with E-state index in [1.54, 1.807) is 0 Å². The van der Waals surface area contributed by atoms with Gasteiger partial charge < -0.3 is 85.0 Å². The van der Waals surface area contributed by atoms with E-state index in [9.17, 15) is 58.1 Å². The summed E-state index contributed by atoms with van der Waals surface area (Å²) in [5.74, 6) is -2.32. The number of nitrogen functional groups attached to an aromatic ring is 3. The summed E-state index contributed by atoms with van der Waals surface area (Å²) in [5.41, 5.74) is 16.2. The van der Waals surface area contributed by atoms with Crippen LogP contribution in [0.1, 0.15) is 25.1 Å². The summed E-state index contributed by atoms with van der Waals surface area (Å²) in [7, 11) is -12.6. The Labute approximate surface area is 435 Å². The highest BCUT2D eigenvalue weighted by Crippen LogP contribution is 2.67. The molecule has 0 bridgehead atoms. The number of aromatic amines is 2. The molecule has 41 heteroatoms. The van der Waals surface area contributed by atoms with Gasteiger partial charge in [-0.3, -0.25) is 42.6 Å². The SMILES string of the molecule is CO[C@@H]1[C@H](OCOC[C@H]2O[C@@H](n3cnc4c(=O)[nH]c(N)nc43)[C@H](O)[C@@H]2O)C(COP(=O)(O)OP(=O)(O)OP(=O)([O-])OC[C@H]2OC(n3c[n+](C)c4c(=O)[nH]c(N)nc43)[C@H](O)[C@@H]2CC(=O)N(C)C)O[C@H]1n1cnc2c(N)ncnc21. The molecule has 6 aromatic heterocycles. The van der Waals surface area contributed by atoms with Crippen LogP contribution in [0.5, 0.6) is 0 Å². The molecular weight excluding hydrogens is 1110 g/mol. The molecule has 0 spiro atoms. The second-order valence-corrected chi connectivity index (χ2v) is 22.5. The number of carbonyl (C=O) groups is 1. The number of aryl methyl sites for hydroxylation is 1. The molecule has 426 valence electrons. The van der Waals surface area contributed by atoms with E-state index in [0.717, 1.165) is 12.7 Å². The topological polar surface area (TPSA) is 528 Å². The first kappa shape index (κ1) is 56.9. The van der Waals surface area contributed by atoms with Crippen molar-refractivity contribution < 1.29 is 99.1 Å². The second-order valence-electron chi connectivity index (χ2n) is 17.9. The fraction of sp³-hybridized carbons (Fsp3) is 0.568. The van der Waals surface area contributed by atoms with Crippen molar-refractivity contribution in [2.45, 2.75) is 73.9 Å². The first-order chi connectivity index (χ1) is 36.8. The van der Waals surface area contributed by atoms with Gasteiger partial charge in [-0.05, 0) is 0 Å². The van der Waals surface area contributed by atoms with Gasteiger partial charge in [0.2, 0.25) is 30.4 Å². The number of aliphatic hydroxyl groups is 3. The van der Waals surface area contributed by atoms with Crippen molar-refractivity contribution in [2.75, 3.05) is 65.0 Å². The number of H-pyrrole nitrogens is 2. The fourth-order valence-electron chi connectivity index (χ4n) is 9.02. The third-order valence-corrected chi connectivity index (χ3v) is 16.8. The van der Waals surface area contributed by atoms with Crippen LogP contribution < -0.4 is 37.8 Å². The van der Waals surface area contributed by atoms with Crippen LogP contribution in [0.15, 0.2) is 34.9 Å². The standard InChI is InChI=1S/C37H51N16O22P3/c1-49(2)18(54)5-14-15(71-33(22(14)55)53-12-50(3)21-30(53)46-37(40)48-32(21)59)7-69-76(60,61)74-78(64,65)75-77(62,63)70-8-17-25(26(66-4)35(73-17)51-10-43-19-27(38)41-9-42-28(19)51)68-13-67-6-16-23(56)24(57)34(72-16)52-11-44-20-29(52)45-36(39)47-31(20)58/h9-12,14-17,22-26,33-35,55-57H,5-8,13H2,1-4H3,(H10-,38,39,40,41,42,45,46,47,48,58,59,60,61,62,63,64,65)/t14-,15-,16-,17?,22-,23-,24-,25-,26-,33?,34-,35-/m1/s1.